The number of carbonyl (C=O) groups is 2. The first kappa shape index (κ1) is 17.1. The van der Waals surface area contributed by atoms with Crippen LogP contribution in [0, 0.1) is 0 Å². The van der Waals surface area contributed by atoms with Gasteiger partial charge in [-0.3, -0.25) is 9.59 Å². The van der Waals surface area contributed by atoms with Crippen molar-refractivity contribution in [1.29, 1.82) is 0 Å². The van der Waals surface area contributed by atoms with Crippen LogP contribution in [0.3, 0.4) is 0 Å². The Bertz CT molecular complexity index is 616. The molecule has 1 aromatic rings. The van der Waals surface area contributed by atoms with Crippen LogP contribution in [0.4, 0.5) is 24.5 Å². The SMILES string of the molecule is O=C(C=C1CCCCC1)Nc1cccc(NC(=O)C(F)(F)F)c1. The second-order valence-corrected chi connectivity index (χ2v) is 5.39. The van der Waals surface area contributed by atoms with E-state index in [2.05, 4.69) is 5.32 Å². The van der Waals surface area contributed by atoms with Crippen LogP contribution in [-0.4, -0.2) is 18.0 Å². The topological polar surface area (TPSA) is 58.2 Å². The molecule has 23 heavy (non-hydrogen) atoms. The number of allylic oxidation sites excluding steroid dienone is 1. The van der Waals surface area contributed by atoms with Gasteiger partial charge in [0, 0.05) is 17.5 Å². The molecule has 2 amide bonds. The molecule has 1 aromatic carbocycles. The molecule has 0 radical (unpaired) electrons. The lowest BCUT2D eigenvalue weighted by Gasteiger charge is -2.13. The number of nitrogens with one attached hydrogen (secondary N) is 2. The lowest BCUT2D eigenvalue weighted by Crippen LogP contribution is -2.29. The van der Waals surface area contributed by atoms with Gasteiger partial charge in [0.1, 0.15) is 0 Å². The summed E-state index contributed by atoms with van der Waals surface area (Å²) in [6.45, 7) is 0. The first-order valence-electron chi connectivity index (χ1n) is 7.33. The molecule has 0 unspecified atom stereocenters. The minimum atomic E-state index is -4.95. The highest BCUT2D eigenvalue weighted by Gasteiger charge is 2.38. The molecule has 2 N–H and O–H groups in total. The van der Waals surface area contributed by atoms with Crippen molar-refractivity contribution in [3.63, 3.8) is 0 Å². The van der Waals surface area contributed by atoms with Crippen LogP contribution in [0.1, 0.15) is 32.1 Å². The Balaban J connectivity index is 1.99. The van der Waals surface area contributed by atoms with Gasteiger partial charge < -0.3 is 10.6 Å². The van der Waals surface area contributed by atoms with E-state index in [0.717, 1.165) is 31.3 Å². The van der Waals surface area contributed by atoms with Crippen LogP contribution in [-0.2, 0) is 9.59 Å². The molecule has 124 valence electrons. The molecule has 1 aliphatic rings. The standard InChI is InChI=1S/C16H17F3N2O2/c17-16(18,19)15(23)21-13-8-4-7-12(10-13)20-14(22)9-11-5-2-1-3-6-11/h4,7-10H,1-3,5-6H2,(H,20,22)(H,21,23). The molecule has 0 aromatic heterocycles. The fourth-order valence-corrected chi connectivity index (χ4v) is 2.39. The van der Waals surface area contributed by atoms with Gasteiger partial charge in [-0.1, -0.05) is 18.1 Å². The van der Waals surface area contributed by atoms with Crippen LogP contribution < -0.4 is 10.6 Å². The Morgan fingerprint density at radius 2 is 1.61 bits per heavy atom. The normalized spacial score (nSPS) is 15.0. The molecule has 2 rings (SSSR count). The molecule has 0 heterocycles. The lowest BCUT2D eigenvalue weighted by atomic mass is 9.94. The fraction of sp³-hybridized carbons (Fsp3) is 0.375. The van der Waals surface area contributed by atoms with Crippen LogP contribution in [0.15, 0.2) is 35.9 Å². The molecule has 0 bridgehead atoms. The van der Waals surface area contributed by atoms with E-state index < -0.39 is 12.1 Å². The van der Waals surface area contributed by atoms with Crippen molar-refractivity contribution in [2.24, 2.45) is 0 Å². The maximum Gasteiger partial charge on any atom is 0.471 e. The van der Waals surface area contributed by atoms with Gasteiger partial charge in [-0.25, -0.2) is 0 Å². The summed E-state index contributed by atoms with van der Waals surface area (Å²) < 4.78 is 36.6. The Morgan fingerprint density at radius 3 is 2.22 bits per heavy atom. The zero-order valence-corrected chi connectivity index (χ0v) is 12.4. The summed E-state index contributed by atoms with van der Waals surface area (Å²) in [6.07, 6.45) is 1.69. The third-order valence-electron chi connectivity index (χ3n) is 3.48. The van der Waals surface area contributed by atoms with Gasteiger partial charge in [0.05, 0.1) is 0 Å². The molecule has 7 heteroatoms. The smallest absolute Gasteiger partial charge is 0.322 e. The van der Waals surface area contributed by atoms with Crippen LogP contribution in [0.5, 0.6) is 0 Å². The predicted octanol–water partition coefficient (Wildman–Crippen LogP) is 4.02. The van der Waals surface area contributed by atoms with Crippen molar-refractivity contribution in [2.45, 2.75) is 38.3 Å². The van der Waals surface area contributed by atoms with E-state index in [0.29, 0.717) is 5.69 Å². The number of alkyl halides is 3. The molecule has 1 aliphatic carbocycles. The fourth-order valence-electron chi connectivity index (χ4n) is 2.39. The van der Waals surface area contributed by atoms with Gasteiger partial charge >= 0.3 is 12.1 Å². The minimum absolute atomic E-state index is 0.0320. The zero-order chi connectivity index (χ0) is 16.9. The third-order valence-corrected chi connectivity index (χ3v) is 3.48. The Labute approximate surface area is 131 Å². The molecule has 1 fully saturated rings. The van der Waals surface area contributed by atoms with E-state index in [9.17, 15) is 22.8 Å². The van der Waals surface area contributed by atoms with E-state index in [4.69, 9.17) is 0 Å². The molecular formula is C16H17F3N2O2. The second kappa shape index (κ2) is 7.30. The van der Waals surface area contributed by atoms with Crippen LogP contribution in [0.25, 0.3) is 0 Å². The Kier molecular flexibility index (Phi) is 5.41. The lowest BCUT2D eigenvalue weighted by molar-refractivity contribution is -0.167. The molecular weight excluding hydrogens is 309 g/mol. The van der Waals surface area contributed by atoms with Crippen LogP contribution in [0.2, 0.25) is 0 Å². The molecule has 0 saturated heterocycles. The predicted molar refractivity (Wildman–Crippen MR) is 80.9 cm³/mol. The number of anilines is 2. The third kappa shape index (κ3) is 5.43. The molecule has 0 aliphatic heterocycles. The molecule has 0 atom stereocenters. The number of benzene rings is 1. The van der Waals surface area contributed by atoms with Crippen molar-refractivity contribution in [1.82, 2.24) is 0 Å². The number of carbonyl (C=O) groups excluding carboxylic acids is 2. The summed E-state index contributed by atoms with van der Waals surface area (Å²) in [7, 11) is 0. The summed E-state index contributed by atoms with van der Waals surface area (Å²) in [5, 5.41) is 4.34. The Hall–Kier alpha value is -2.31. The highest BCUT2D eigenvalue weighted by atomic mass is 19.4. The molecule has 1 saturated carbocycles. The van der Waals surface area contributed by atoms with Crippen molar-refractivity contribution >= 4 is 23.2 Å². The van der Waals surface area contributed by atoms with Gasteiger partial charge in [-0.05, 0) is 43.9 Å². The summed E-state index contributed by atoms with van der Waals surface area (Å²) in [4.78, 5) is 22.8. The molecule has 0 spiro atoms. The number of rotatable bonds is 3. The molecule has 4 nitrogen and oxygen atoms in total. The zero-order valence-electron chi connectivity index (χ0n) is 12.4. The van der Waals surface area contributed by atoms with E-state index in [1.807, 2.05) is 0 Å². The average Bonchev–Trinajstić information content (AvgIpc) is 2.47. The van der Waals surface area contributed by atoms with Crippen molar-refractivity contribution in [3.8, 4) is 0 Å². The Morgan fingerprint density at radius 1 is 1.00 bits per heavy atom. The van der Waals surface area contributed by atoms with E-state index >= 15 is 0 Å². The van der Waals surface area contributed by atoms with Crippen molar-refractivity contribution < 1.29 is 22.8 Å². The monoisotopic (exact) mass is 326 g/mol. The highest BCUT2D eigenvalue weighted by Crippen LogP contribution is 2.23. The first-order chi connectivity index (χ1) is 10.8. The van der Waals surface area contributed by atoms with Crippen LogP contribution >= 0.6 is 0 Å². The van der Waals surface area contributed by atoms with Gasteiger partial charge in [-0.15, -0.1) is 0 Å². The van der Waals surface area contributed by atoms with Crippen molar-refractivity contribution in [3.05, 3.63) is 35.9 Å². The quantitative estimate of drug-likeness (QED) is 0.824. The summed E-state index contributed by atoms with van der Waals surface area (Å²) >= 11 is 0. The highest BCUT2D eigenvalue weighted by molar-refractivity contribution is 6.00. The van der Waals surface area contributed by atoms with E-state index in [1.165, 1.54) is 24.6 Å². The second-order valence-electron chi connectivity index (χ2n) is 5.39. The summed E-state index contributed by atoms with van der Waals surface area (Å²) in [5.74, 6) is -2.37. The van der Waals surface area contributed by atoms with Gasteiger partial charge in [0.2, 0.25) is 5.91 Å². The number of halogens is 3. The first-order valence-corrected chi connectivity index (χ1v) is 7.33. The summed E-state index contributed by atoms with van der Waals surface area (Å²) in [6, 6.07) is 5.59. The largest absolute Gasteiger partial charge is 0.471 e. The number of amides is 2. The van der Waals surface area contributed by atoms with Gasteiger partial charge in [-0.2, -0.15) is 13.2 Å². The number of hydrogen-bond donors (Lipinski definition) is 2. The maximum atomic E-state index is 12.2. The van der Waals surface area contributed by atoms with Gasteiger partial charge in [0.15, 0.2) is 0 Å². The van der Waals surface area contributed by atoms with E-state index in [-0.39, 0.29) is 11.6 Å². The van der Waals surface area contributed by atoms with Gasteiger partial charge in [0.25, 0.3) is 0 Å². The van der Waals surface area contributed by atoms with E-state index in [1.54, 1.807) is 17.5 Å². The maximum absolute atomic E-state index is 12.2. The average molecular weight is 326 g/mol. The minimum Gasteiger partial charge on any atom is -0.322 e. The summed E-state index contributed by atoms with van der Waals surface area (Å²) in [5.41, 5.74) is 1.37. The van der Waals surface area contributed by atoms with Crippen molar-refractivity contribution in [2.75, 3.05) is 10.6 Å². The number of hydrogen-bond acceptors (Lipinski definition) is 2.